The normalized spacial score (nSPS) is 19.5. The van der Waals surface area contributed by atoms with Gasteiger partial charge in [-0.25, -0.2) is 0 Å². The first kappa shape index (κ1) is 18.9. The zero-order valence-electron chi connectivity index (χ0n) is 15.8. The molecule has 1 fully saturated rings. The molecule has 2 aliphatic rings. The smallest absolute Gasteiger partial charge is 0.229 e. The summed E-state index contributed by atoms with van der Waals surface area (Å²) in [6.07, 6.45) is 0.301. The highest BCUT2D eigenvalue weighted by atomic mass is 35.5. The van der Waals surface area contributed by atoms with Gasteiger partial charge in [0.15, 0.2) is 0 Å². The second kappa shape index (κ2) is 7.54. The molecule has 0 aromatic heterocycles. The van der Waals surface area contributed by atoms with Crippen molar-refractivity contribution in [2.75, 3.05) is 17.4 Å². The highest BCUT2D eigenvalue weighted by Crippen LogP contribution is 2.43. The van der Waals surface area contributed by atoms with Crippen LogP contribution in [0, 0.1) is 25.2 Å². The molecule has 0 saturated carbocycles. The van der Waals surface area contributed by atoms with Crippen molar-refractivity contribution in [3.05, 3.63) is 74.8 Å². The van der Waals surface area contributed by atoms with Gasteiger partial charge in [0, 0.05) is 23.0 Å². The number of anilines is 1. The van der Waals surface area contributed by atoms with Crippen LogP contribution in [0.15, 0.2) is 53.1 Å². The molecule has 0 aliphatic carbocycles. The van der Waals surface area contributed by atoms with Gasteiger partial charge in [-0.05, 0) is 54.8 Å². The Morgan fingerprint density at radius 2 is 1.89 bits per heavy atom. The summed E-state index contributed by atoms with van der Waals surface area (Å²) < 4.78 is 0. The van der Waals surface area contributed by atoms with Crippen LogP contribution in [-0.4, -0.2) is 23.4 Å². The van der Waals surface area contributed by atoms with Crippen molar-refractivity contribution >= 4 is 35.0 Å². The molecule has 4 nitrogen and oxygen atoms in total. The van der Waals surface area contributed by atoms with Gasteiger partial charge in [-0.3, -0.25) is 9.69 Å². The number of amides is 1. The third-order valence-electron chi connectivity index (χ3n) is 5.42. The number of aryl methyl sites for hydroxylation is 2. The number of benzene rings is 2. The molecule has 2 aromatic carbocycles. The first-order chi connectivity index (χ1) is 13.5. The summed E-state index contributed by atoms with van der Waals surface area (Å²) in [7, 11) is 0. The number of carbonyl (C=O) groups excluding carboxylic acids is 1. The lowest BCUT2D eigenvalue weighted by Gasteiger charge is -2.42. The Morgan fingerprint density at radius 1 is 1.14 bits per heavy atom. The number of allylic oxidation sites excluding steroid dienone is 1. The number of nitrogens with zero attached hydrogens (tertiary/aromatic N) is 3. The summed E-state index contributed by atoms with van der Waals surface area (Å²) >= 11 is 7.55. The third-order valence-corrected chi connectivity index (χ3v) is 6.83. The maximum Gasteiger partial charge on any atom is 0.229 e. The Hall–Kier alpha value is -2.42. The van der Waals surface area contributed by atoms with Crippen molar-refractivity contribution < 1.29 is 4.79 Å². The number of hydrogen-bond donors (Lipinski definition) is 0. The molecule has 2 aliphatic heterocycles. The van der Waals surface area contributed by atoms with Crippen molar-refractivity contribution in [1.82, 2.24) is 4.90 Å². The van der Waals surface area contributed by atoms with Crippen molar-refractivity contribution in [2.24, 2.45) is 0 Å². The number of halogens is 1. The first-order valence-corrected chi connectivity index (χ1v) is 10.5. The fraction of sp³-hybridized carbons (Fsp3) is 0.273. The van der Waals surface area contributed by atoms with Gasteiger partial charge in [0.2, 0.25) is 5.91 Å². The largest absolute Gasteiger partial charge is 0.344 e. The van der Waals surface area contributed by atoms with Crippen LogP contribution < -0.4 is 4.90 Å². The third kappa shape index (κ3) is 3.39. The molecule has 0 unspecified atom stereocenters. The molecule has 2 aromatic rings. The Kier molecular flexibility index (Phi) is 5.09. The molecule has 2 heterocycles. The van der Waals surface area contributed by atoms with E-state index in [1.54, 1.807) is 16.7 Å². The standard InChI is InChI=1S/C22H20ClN3OS/c1-14-3-8-18(9-15(14)2)25-12-26-21(27)10-19(16-4-6-17(23)7-5-16)20(11-24)22(26)28-13-25/h3-9,19H,10,12-13H2,1-2H3/t19-/m1/s1. The van der Waals surface area contributed by atoms with Crippen molar-refractivity contribution in [3.63, 3.8) is 0 Å². The fourth-order valence-electron chi connectivity index (χ4n) is 3.63. The van der Waals surface area contributed by atoms with Crippen LogP contribution in [0.3, 0.4) is 0 Å². The van der Waals surface area contributed by atoms with E-state index < -0.39 is 0 Å². The SMILES string of the molecule is Cc1ccc(N2CSC3=C(C#N)[C@@H](c4ccc(Cl)cc4)CC(=O)N3C2)cc1C. The predicted molar refractivity (Wildman–Crippen MR) is 114 cm³/mol. The lowest BCUT2D eigenvalue weighted by atomic mass is 9.86. The molecule has 6 heteroatoms. The van der Waals surface area contributed by atoms with E-state index in [1.165, 1.54) is 11.1 Å². The highest BCUT2D eigenvalue weighted by Gasteiger charge is 2.38. The molecule has 1 amide bonds. The molecular formula is C22H20ClN3OS. The number of rotatable bonds is 2. The minimum absolute atomic E-state index is 0.0509. The van der Waals surface area contributed by atoms with E-state index >= 15 is 0 Å². The van der Waals surface area contributed by atoms with Gasteiger partial charge in [-0.15, -0.1) is 0 Å². The van der Waals surface area contributed by atoms with E-state index in [1.807, 2.05) is 24.3 Å². The summed E-state index contributed by atoms with van der Waals surface area (Å²) in [6.45, 7) is 4.66. The lowest BCUT2D eigenvalue weighted by molar-refractivity contribution is -0.129. The molecule has 1 saturated heterocycles. The quantitative estimate of drug-likeness (QED) is 0.685. The van der Waals surface area contributed by atoms with Crippen molar-refractivity contribution in [1.29, 1.82) is 5.26 Å². The molecular weight excluding hydrogens is 390 g/mol. The zero-order chi connectivity index (χ0) is 19.8. The summed E-state index contributed by atoms with van der Waals surface area (Å²) in [4.78, 5) is 16.9. The maximum absolute atomic E-state index is 13.0. The number of fused-ring (bicyclic) bond motifs is 1. The molecule has 28 heavy (non-hydrogen) atoms. The maximum atomic E-state index is 13.0. The molecule has 142 valence electrons. The molecule has 0 bridgehead atoms. The summed E-state index contributed by atoms with van der Waals surface area (Å²) in [5, 5.41) is 11.3. The Labute approximate surface area is 174 Å². The second-order valence-electron chi connectivity index (χ2n) is 7.18. The Balaban J connectivity index is 1.65. The van der Waals surface area contributed by atoms with Crippen LogP contribution in [0.1, 0.15) is 29.0 Å². The highest BCUT2D eigenvalue weighted by molar-refractivity contribution is 8.03. The van der Waals surface area contributed by atoms with Gasteiger partial charge in [-0.1, -0.05) is 41.6 Å². The number of carbonyl (C=O) groups is 1. The van der Waals surface area contributed by atoms with Gasteiger partial charge in [0.05, 0.1) is 29.2 Å². The van der Waals surface area contributed by atoms with Crippen LogP contribution in [0.25, 0.3) is 0 Å². The van der Waals surface area contributed by atoms with Crippen LogP contribution >= 0.6 is 23.4 Å². The lowest BCUT2D eigenvalue weighted by Crippen LogP contribution is -2.47. The van der Waals surface area contributed by atoms with Gasteiger partial charge in [0.1, 0.15) is 0 Å². The van der Waals surface area contributed by atoms with Crippen LogP contribution in [0.4, 0.5) is 5.69 Å². The van der Waals surface area contributed by atoms with E-state index in [2.05, 4.69) is 43.0 Å². The van der Waals surface area contributed by atoms with E-state index in [0.717, 1.165) is 16.3 Å². The number of nitriles is 1. The first-order valence-electron chi connectivity index (χ1n) is 9.13. The van der Waals surface area contributed by atoms with Crippen LogP contribution in [0.2, 0.25) is 5.02 Å². The summed E-state index contributed by atoms with van der Waals surface area (Å²) in [6, 6.07) is 16.2. The predicted octanol–water partition coefficient (Wildman–Crippen LogP) is 5.18. The van der Waals surface area contributed by atoms with E-state index in [-0.39, 0.29) is 11.8 Å². The molecule has 0 N–H and O–H groups in total. The van der Waals surface area contributed by atoms with E-state index in [0.29, 0.717) is 29.6 Å². The Morgan fingerprint density at radius 3 is 2.57 bits per heavy atom. The van der Waals surface area contributed by atoms with Crippen LogP contribution in [-0.2, 0) is 4.79 Å². The van der Waals surface area contributed by atoms with Crippen molar-refractivity contribution in [3.8, 4) is 6.07 Å². The molecule has 4 rings (SSSR count). The topological polar surface area (TPSA) is 47.3 Å². The van der Waals surface area contributed by atoms with Crippen LogP contribution in [0.5, 0.6) is 0 Å². The van der Waals surface area contributed by atoms with E-state index in [9.17, 15) is 10.1 Å². The van der Waals surface area contributed by atoms with Crippen molar-refractivity contribution in [2.45, 2.75) is 26.2 Å². The summed E-state index contributed by atoms with van der Waals surface area (Å²) in [5.41, 5.74) is 5.21. The molecule has 0 radical (unpaired) electrons. The van der Waals surface area contributed by atoms with E-state index in [4.69, 9.17) is 11.6 Å². The molecule has 1 atom stereocenters. The Bertz CT molecular complexity index is 1010. The monoisotopic (exact) mass is 409 g/mol. The van der Waals surface area contributed by atoms with Gasteiger partial charge < -0.3 is 4.90 Å². The number of hydrogen-bond acceptors (Lipinski definition) is 4. The average Bonchev–Trinajstić information content (AvgIpc) is 2.70. The second-order valence-corrected chi connectivity index (χ2v) is 8.55. The van der Waals surface area contributed by atoms with Gasteiger partial charge in [-0.2, -0.15) is 5.26 Å². The minimum Gasteiger partial charge on any atom is -0.344 e. The minimum atomic E-state index is -0.207. The zero-order valence-corrected chi connectivity index (χ0v) is 17.3. The fourth-order valence-corrected chi connectivity index (χ4v) is 4.92. The number of thioether (sulfide) groups is 1. The van der Waals surface area contributed by atoms with Gasteiger partial charge >= 0.3 is 0 Å². The molecule has 0 spiro atoms. The summed E-state index contributed by atoms with van der Waals surface area (Å²) in [5.74, 6) is 0.553. The average molecular weight is 410 g/mol. The van der Waals surface area contributed by atoms with Gasteiger partial charge in [0.25, 0.3) is 0 Å².